The minimum Gasteiger partial charge on any atom is -0.309 e. The van der Waals surface area contributed by atoms with Gasteiger partial charge in [-0.15, -0.1) is 0 Å². The van der Waals surface area contributed by atoms with Crippen LogP contribution in [0.2, 0.25) is 0 Å². The van der Waals surface area contributed by atoms with E-state index in [0.717, 1.165) is 6.07 Å². The Morgan fingerprint density at radius 2 is 1.71 bits per heavy atom. The Morgan fingerprint density at radius 1 is 1.21 bits per heavy atom. The maximum absolute atomic E-state index is 12.2. The van der Waals surface area contributed by atoms with Crippen LogP contribution in [0.1, 0.15) is 5.56 Å². The molecule has 0 aliphatic rings. The molecule has 0 amide bonds. The van der Waals surface area contributed by atoms with Crippen LogP contribution in [0.4, 0.5) is 17.6 Å². The lowest BCUT2D eigenvalue weighted by atomic mass is 10.2. The van der Waals surface area contributed by atoms with E-state index in [2.05, 4.69) is 0 Å². The average Bonchev–Trinajstić information content (AvgIpc) is 2.04. The van der Waals surface area contributed by atoms with Crippen molar-refractivity contribution >= 4 is 36.3 Å². The number of halogens is 6. The van der Waals surface area contributed by atoms with Crippen LogP contribution < -0.4 is 0 Å². The summed E-state index contributed by atoms with van der Waals surface area (Å²) < 4.78 is 47.5. The van der Waals surface area contributed by atoms with Gasteiger partial charge in [0.15, 0.2) is 0 Å². The fourth-order valence-electron chi connectivity index (χ4n) is 0.607. The van der Waals surface area contributed by atoms with Gasteiger partial charge in [0.25, 0.3) is 0 Å². The largest absolute Gasteiger partial charge is 0.618 e. The van der Waals surface area contributed by atoms with Gasteiger partial charge in [0.1, 0.15) is 5.82 Å². The van der Waals surface area contributed by atoms with Crippen LogP contribution in [-0.4, -0.2) is 18.2 Å². The van der Waals surface area contributed by atoms with Crippen molar-refractivity contribution in [1.82, 2.24) is 0 Å². The molecule has 0 saturated carbocycles. The van der Waals surface area contributed by atoms with Gasteiger partial charge in [0.2, 0.25) is 0 Å². The van der Waals surface area contributed by atoms with Crippen LogP contribution in [0.5, 0.6) is 0 Å². The molecule has 0 unspecified atom stereocenters. The Morgan fingerprint density at radius 3 is 2.00 bits per heavy atom. The predicted molar refractivity (Wildman–Crippen MR) is 47.7 cm³/mol. The van der Waals surface area contributed by atoms with Crippen molar-refractivity contribution in [3.8, 4) is 0 Å². The summed E-state index contributed by atoms with van der Waals surface area (Å²) in [4.78, 5) is 0. The molecule has 0 saturated heterocycles. The summed E-state index contributed by atoms with van der Waals surface area (Å²) in [5.41, 5.74) is -1.02. The van der Waals surface area contributed by atoms with E-state index in [1.54, 1.807) is 0 Å². The van der Waals surface area contributed by atoms with Crippen LogP contribution in [0.15, 0.2) is 18.2 Å². The van der Waals surface area contributed by atoms with Crippen molar-refractivity contribution in [3.05, 3.63) is 35.6 Å². The molecule has 0 N–H and O–H groups in total. The maximum atomic E-state index is 12.2. The van der Waals surface area contributed by atoms with Gasteiger partial charge < -0.3 is 18.1 Å². The number of alkyl halides is 3. The number of rotatable bonds is 0. The molecule has 1 rings (SSSR count). The van der Waals surface area contributed by atoms with Crippen LogP contribution in [0.25, 0.3) is 0 Å². The zero-order valence-electron chi connectivity index (χ0n) is 6.71. The smallest absolute Gasteiger partial charge is 0.309 e. The highest BCUT2D eigenvalue weighted by Gasteiger charge is 2.30. The molecule has 1 aromatic carbocycles. The fraction of sp³-hybridized carbons (Fsp3) is 0.143. The molecular weight excluding hydrogens is 255 g/mol. The molecule has 75 valence electrons. The van der Waals surface area contributed by atoms with Crippen molar-refractivity contribution in [3.63, 3.8) is 0 Å². The highest BCUT2D eigenvalue weighted by molar-refractivity contribution is 7.22. The van der Waals surface area contributed by atoms with E-state index in [1.807, 2.05) is 6.07 Å². The quantitative estimate of drug-likeness (QED) is 0.492. The van der Waals surface area contributed by atoms with Crippen molar-refractivity contribution < 1.29 is 17.6 Å². The second-order valence-electron chi connectivity index (χ2n) is 2.04. The fourth-order valence-corrected chi connectivity index (χ4v) is 0.607. The minimum atomic E-state index is -4.49. The summed E-state index contributed by atoms with van der Waals surface area (Å²) in [6, 6.07) is 4.01. The predicted octanol–water partition coefficient (Wildman–Crippen LogP) is 3.64. The Kier molecular flexibility index (Phi) is 6.85. The second kappa shape index (κ2) is 6.71. The van der Waals surface area contributed by atoms with Crippen LogP contribution in [0.3, 0.4) is 0 Å². The van der Waals surface area contributed by atoms with Crippen molar-refractivity contribution in [2.75, 3.05) is 0 Å². The lowest BCUT2D eigenvalue weighted by Gasteiger charge is -2.04. The summed E-state index contributed by atoms with van der Waals surface area (Å²) in [7, 11) is 9.81. The molecule has 7 heteroatoms. The molecule has 0 spiro atoms. The summed E-state index contributed by atoms with van der Waals surface area (Å²) in [5.74, 6) is -0.931. The van der Waals surface area contributed by atoms with Gasteiger partial charge in [0.05, 0.1) is 5.56 Å². The molecule has 0 aliphatic carbocycles. The molecule has 0 heterocycles. The van der Waals surface area contributed by atoms with E-state index in [0.29, 0.717) is 12.1 Å². The first-order chi connectivity index (χ1) is 6.41. The van der Waals surface area contributed by atoms with Crippen molar-refractivity contribution in [1.29, 1.82) is 0 Å². The lowest BCUT2D eigenvalue weighted by Crippen LogP contribution is -2.04. The SMILES string of the molecule is Fc1c[c]cc(C(F)(F)F)c1.[Cl][Mg][Cl]. The third kappa shape index (κ3) is 5.90. The van der Waals surface area contributed by atoms with E-state index in [4.69, 9.17) is 18.1 Å². The van der Waals surface area contributed by atoms with Crippen LogP contribution in [0, 0.1) is 11.9 Å². The van der Waals surface area contributed by atoms with Crippen LogP contribution in [-0.2, 0) is 6.18 Å². The zero-order chi connectivity index (χ0) is 11.2. The third-order valence-electron chi connectivity index (χ3n) is 1.08. The maximum Gasteiger partial charge on any atom is 0.618 e. The van der Waals surface area contributed by atoms with Gasteiger partial charge in [0, 0.05) is 0 Å². The van der Waals surface area contributed by atoms with Crippen LogP contribution >= 0.6 is 18.1 Å². The second-order valence-corrected chi connectivity index (χ2v) is 4.67. The molecular formula is C7H3Cl2F4Mg. The van der Waals surface area contributed by atoms with Crippen molar-refractivity contribution in [2.24, 2.45) is 0 Å². The normalized spacial score (nSPS) is 9.86. The Hall–Kier alpha value is 0.286. The average molecular weight is 258 g/mol. The van der Waals surface area contributed by atoms with E-state index in [1.165, 1.54) is 0 Å². The first-order valence-electron chi connectivity index (χ1n) is 3.27. The van der Waals surface area contributed by atoms with E-state index in [9.17, 15) is 17.6 Å². The standard InChI is InChI=1S/C7H3F4.2ClH.Mg/c8-6-3-1-2-5(4-6)7(9,10)11;;;/h2-4H;2*1H;/q;;;+2/p-2. The third-order valence-corrected chi connectivity index (χ3v) is 1.08. The molecule has 14 heavy (non-hydrogen) atoms. The van der Waals surface area contributed by atoms with Gasteiger partial charge in [-0.1, -0.05) is 0 Å². The number of benzene rings is 1. The Bertz CT molecular complexity index is 277. The molecule has 0 nitrogen and oxygen atoms in total. The zero-order valence-corrected chi connectivity index (χ0v) is 9.63. The Balaban J connectivity index is 0.000000500. The highest BCUT2D eigenvalue weighted by atomic mass is 35.6. The van der Waals surface area contributed by atoms with E-state index in [-0.39, 0.29) is 0 Å². The molecule has 1 radical (unpaired) electrons. The van der Waals surface area contributed by atoms with Gasteiger partial charge in [-0.2, -0.15) is 13.2 Å². The van der Waals surface area contributed by atoms with E-state index >= 15 is 0 Å². The first kappa shape index (κ1) is 14.3. The molecule has 0 fully saturated rings. The number of hydrogen-bond acceptors (Lipinski definition) is 0. The monoisotopic (exact) mass is 257 g/mol. The molecule has 0 aromatic heterocycles. The van der Waals surface area contributed by atoms with Gasteiger partial charge in [-0.3, -0.25) is 0 Å². The highest BCUT2D eigenvalue weighted by Crippen LogP contribution is 2.28. The summed E-state index contributed by atoms with van der Waals surface area (Å²) in [6.07, 6.45) is -4.49. The minimum absolute atomic E-state index is 0.427. The van der Waals surface area contributed by atoms with Gasteiger partial charge in [-0.05, 0) is 24.3 Å². The van der Waals surface area contributed by atoms with Gasteiger partial charge in [-0.25, -0.2) is 4.39 Å². The lowest BCUT2D eigenvalue weighted by molar-refractivity contribution is -0.137. The van der Waals surface area contributed by atoms with Gasteiger partial charge >= 0.3 is 24.3 Å². The molecule has 0 bridgehead atoms. The Labute approximate surface area is 95.5 Å². The van der Waals surface area contributed by atoms with E-state index < -0.39 is 35.7 Å². The number of hydrogen-bond donors (Lipinski definition) is 0. The summed E-state index contributed by atoms with van der Waals surface area (Å²) >= 11 is -0.639. The van der Waals surface area contributed by atoms with Crippen molar-refractivity contribution in [2.45, 2.75) is 6.18 Å². The molecule has 1 aromatic rings. The summed E-state index contributed by atoms with van der Waals surface area (Å²) in [6.45, 7) is 0. The molecule has 0 aliphatic heterocycles. The summed E-state index contributed by atoms with van der Waals surface area (Å²) in [5, 5.41) is 0. The molecule has 0 atom stereocenters. The topological polar surface area (TPSA) is 0 Å². The first-order valence-corrected chi connectivity index (χ1v) is 7.55.